The largest absolute Gasteiger partial charge is 0.383 e. The Kier molecular flexibility index (Phi) is 5.11. The summed E-state index contributed by atoms with van der Waals surface area (Å²) in [7, 11) is 1.52. The van der Waals surface area contributed by atoms with Gasteiger partial charge in [0, 0.05) is 7.11 Å². The van der Waals surface area contributed by atoms with E-state index < -0.39 is 17.5 Å². The minimum absolute atomic E-state index is 0.0331. The van der Waals surface area contributed by atoms with Crippen LogP contribution in [0.2, 0.25) is 5.02 Å². The number of methoxy groups -OCH3 is 1. The fraction of sp³-hybridized carbons (Fsp3) is 0.500. The van der Waals surface area contributed by atoms with Gasteiger partial charge in [0.05, 0.1) is 25.0 Å². The molecule has 1 rings (SSSR count). The number of nitrogens with one attached hydrogen (secondary N) is 1. The maximum Gasteiger partial charge on any atom is 0.287 e. The fourth-order valence-corrected chi connectivity index (χ4v) is 1.41. The first-order chi connectivity index (χ1) is 8.47. The van der Waals surface area contributed by atoms with Gasteiger partial charge in [-0.05, 0) is 6.92 Å². The quantitative estimate of drug-likeness (QED) is 0.750. The minimum atomic E-state index is -0.640. The third-order valence-corrected chi connectivity index (χ3v) is 2.66. The second kappa shape index (κ2) is 6.36. The van der Waals surface area contributed by atoms with Crippen LogP contribution >= 0.6 is 11.6 Å². The number of halogens is 1. The third kappa shape index (κ3) is 3.44. The molecule has 18 heavy (non-hydrogen) atoms. The molecule has 0 bridgehead atoms. The van der Waals surface area contributed by atoms with E-state index in [1.807, 2.05) is 0 Å². The van der Waals surface area contributed by atoms with Gasteiger partial charge in [-0.15, -0.1) is 0 Å². The molecule has 0 radical (unpaired) electrons. The number of carbonyl (C=O) groups excluding carboxylic acids is 1. The number of hydrogen-bond acceptors (Lipinski definition) is 5. The van der Waals surface area contributed by atoms with Crippen molar-refractivity contribution in [2.24, 2.45) is 5.73 Å². The molecule has 1 aromatic heterocycles. The molecule has 7 nitrogen and oxygen atoms in total. The molecule has 0 fully saturated rings. The molecule has 1 unspecified atom stereocenters. The van der Waals surface area contributed by atoms with Crippen LogP contribution in [0.1, 0.15) is 6.92 Å². The van der Waals surface area contributed by atoms with Crippen LogP contribution in [0.15, 0.2) is 11.0 Å². The van der Waals surface area contributed by atoms with Crippen LogP contribution in [-0.4, -0.2) is 35.4 Å². The summed E-state index contributed by atoms with van der Waals surface area (Å²) in [6.07, 6.45) is 1.37. The van der Waals surface area contributed by atoms with Crippen molar-refractivity contribution >= 4 is 23.2 Å². The molecule has 1 aromatic rings. The van der Waals surface area contributed by atoms with E-state index in [4.69, 9.17) is 22.1 Å². The van der Waals surface area contributed by atoms with Crippen LogP contribution in [0.25, 0.3) is 0 Å². The Hall–Kier alpha value is -1.60. The van der Waals surface area contributed by atoms with Crippen molar-refractivity contribution in [1.29, 1.82) is 0 Å². The average Bonchev–Trinajstić information content (AvgIpc) is 2.34. The molecule has 0 aromatic carbocycles. The van der Waals surface area contributed by atoms with E-state index in [2.05, 4.69) is 10.4 Å². The van der Waals surface area contributed by atoms with Gasteiger partial charge in [0.15, 0.2) is 0 Å². The van der Waals surface area contributed by atoms with Crippen molar-refractivity contribution in [1.82, 2.24) is 9.78 Å². The maximum absolute atomic E-state index is 11.8. The molecule has 0 saturated carbocycles. The van der Waals surface area contributed by atoms with Crippen LogP contribution in [0.3, 0.4) is 0 Å². The highest BCUT2D eigenvalue weighted by molar-refractivity contribution is 6.33. The van der Waals surface area contributed by atoms with E-state index >= 15 is 0 Å². The highest BCUT2D eigenvalue weighted by Crippen LogP contribution is 2.16. The van der Waals surface area contributed by atoms with Crippen LogP contribution in [0, 0.1) is 0 Å². The Labute approximate surface area is 109 Å². The summed E-state index contributed by atoms with van der Waals surface area (Å²) in [5.74, 6) is -0.547. The number of primary amides is 1. The number of anilines is 1. The monoisotopic (exact) mass is 274 g/mol. The normalized spacial score (nSPS) is 12.2. The Morgan fingerprint density at radius 1 is 1.72 bits per heavy atom. The molecule has 100 valence electrons. The first-order valence-electron chi connectivity index (χ1n) is 5.27. The van der Waals surface area contributed by atoms with Crippen molar-refractivity contribution in [3.05, 3.63) is 21.6 Å². The lowest BCUT2D eigenvalue weighted by Crippen LogP contribution is -2.34. The van der Waals surface area contributed by atoms with Gasteiger partial charge in [-0.1, -0.05) is 11.6 Å². The predicted molar refractivity (Wildman–Crippen MR) is 67.7 cm³/mol. The summed E-state index contributed by atoms with van der Waals surface area (Å²) in [4.78, 5) is 22.7. The summed E-state index contributed by atoms with van der Waals surface area (Å²) < 4.78 is 6.03. The Morgan fingerprint density at radius 3 is 2.94 bits per heavy atom. The van der Waals surface area contributed by atoms with Gasteiger partial charge < -0.3 is 15.8 Å². The first-order valence-corrected chi connectivity index (χ1v) is 5.65. The molecular weight excluding hydrogens is 260 g/mol. The van der Waals surface area contributed by atoms with Gasteiger partial charge >= 0.3 is 0 Å². The number of amides is 1. The van der Waals surface area contributed by atoms with Gasteiger partial charge in [0.1, 0.15) is 11.1 Å². The molecule has 3 N–H and O–H groups in total. The Morgan fingerprint density at radius 2 is 2.39 bits per heavy atom. The number of nitrogens with zero attached hydrogens (tertiary/aromatic N) is 2. The van der Waals surface area contributed by atoms with E-state index in [0.717, 1.165) is 0 Å². The van der Waals surface area contributed by atoms with Gasteiger partial charge in [0.25, 0.3) is 5.56 Å². The highest BCUT2D eigenvalue weighted by Gasteiger charge is 2.14. The molecule has 1 amide bonds. The Balaban J connectivity index is 2.94. The number of hydrogen-bond donors (Lipinski definition) is 2. The summed E-state index contributed by atoms with van der Waals surface area (Å²) in [6, 6.07) is -0.640. The van der Waals surface area contributed by atoms with Crippen molar-refractivity contribution in [2.75, 3.05) is 19.0 Å². The molecule has 0 spiro atoms. The summed E-state index contributed by atoms with van der Waals surface area (Å²) >= 11 is 5.90. The second-order valence-corrected chi connectivity index (χ2v) is 4.04. The van der Waals surface area contributed by atoms with Crippen molar-refractivity contribution in [3.63, 3.8) is 0 Å². The smallest absolute Gasteiger partial charge is 0.287 e. The lowest BCUT2D eigenvalue weighted by Gasteiger charge is -2.13. The van der Waals surface area contributed by atoms with E-state index in [-0.39, 0.29) is 10.7 Å². The topological polar surface area (TPSA) is 99.2 Å². The average molecular weight is 275 g/mol. The van der Waals surface area contributed by atoms with Gasteiger partial charge in [-0.3, -0.25) is 9.59 Å². The zero-order chi connectivity index (χ0) is 13.7. The molecule has 1 heterocycles. The lowest BCUT2D eigenvalue weighted by atomic mass is 10.3. The summed E-state index contributed by atoms with van der Waals surface area (Å²) in [6.45, 7) is 2.23. The molecule has 0 aliphatic carbocycles. The minimum Gasteiger partial charge on any atom is -0.383 e. The number of aromatic nitrogens is 2. The van der Waals surface area contributed by atoms with Gasteiger partial charge in [0.2, 0.25) is 5.91 Å². The second-order valence-electron chi connectivity index (χ2n) is 3.66. The van der Waals surface area contributed by atoms with Crippen molar-refractivity contribution < 1.29 is 9.53 Å². The highest BCUT2D eigenvalue weighted by atomic mass is 35.5. The predicted octanol–water partition coefficient (Wildman–Crippen LogP) is -0.171. The molecule has 0 aliphatic rings. The molecule has 0 aliphatic heterocycles. The fourth-order valence-electron chi connectivity index (χ4n) is 1.21. The Bertz CT molecular complexity index is 489. The van der Waals surface area contributed by atoms with Gasteiger partial charge in [-0.25, -0.2) is 4.68 Å². The first kappa shape index (κ1) is 14.5. The lowest BCUT2D eigenvalue weighted by molar-refractivity contribution is -0.118. The zero-order valence-corrected chi connectivity index (χ0v) is 10.9. The van der Waals surface area contributed by atoms with E-state index in [1.54, 1.807) is 6.92 Å². The van der Waals surface area contributed by atoms with Crippen LogP contribution in [0.5, 0.6) is 0 Å². The molecular formula is C10H15ClN4O3. The van der Waals surface area contributed by atoms with Crippen LogP contribution in [-0.2, 0) is 16.1 Å². The van der Waals surface area contributed by atoms with Crippen LogP contribution in [0.4, 0.5) is 5.69 Å². The molecule has 1 atom stereocenters. The van der Waals surface area contributed by atoms with E-state index in [1.165, 1.54) is 18.0 Å². The van der Waals surface area contributed by atoms with Crippen LogP contribution < -0.4 is 16.6 Å². The maximum atomic E-state index is 11.8. The zero-order valence-electron chi connectivity index (χ0n) is 10.1. The number of carbonyl (C=O) groups is 1. The SMILES string of the molecule is COCCn1ncc(NC(C)C(N)=O)c(Cl)c1=O. The third-order valence-electron chi connectivity index (χ3n) is 2.29. The van der Waals surface area contributed by atoms with Gasteiger partial charge in [-0.2, -0.15) is 5.10 Å². The van der Waals surface area contributed by atoms with E-state index in [0.29, 0.717) is 13.2 Å². The number of nitrogens with two attached hydrogens (primary N) is 1. The molecule has 0 saturated heterocycles. The summed E-state index contributed by atoms with van der Waals surface area (Å²) in [5.41, 5.74) is 4.93. The van der Waals surface area contributed by atoms with E-state index in [9.17, 15) is 9.59 Å². The molecule has 8 heteroatoms. The number of ether oxygens (including phenoxy) is 1. The standard InChI is InChI=1S/C10H15ClN4O3/c1-6(9(12)16)14-7-5-13-15(3-4-18-2)10(17)8(7)11/h5-6,14H,3-4H2,1-2H3,(H2,12,16). The van der Waals surface area contributed by atoms with Crippen molar-refractivity contribution in [3.8, 4) is 0 Å². The number of rotatable bonds is 6. The van der Waals surface area contributed by atoms with Crippen molar-refractivity contribution in [2.45, 2.75) is 19.5 Å². The summed E-state index contributed by atoms with van der Waals surface area (Å²) in [5, 5.41) is 6.60.